The van der Waals surface area contributed by atoms with Crippen LogP contribution in [-0.2, 0) is 9.47 Å². The minimum atomic E-state index is -0.585. The molecule has 0 aromatic heterocycles. The van der Waals surface area contributed by atoms with E-state index in [1.165, 1.54) is 0 Å². The van der Waals surface area contributed by atoms with Gasteiger partial charge in [-0.3, -0.25) is 0 Å². The third kappa shape index (κ3) is 4.93. The SMILES string of the molecule is CCOCC(C)NCC1(O)CCOCC1. The smallest absolute Gasteiger partial charge is 0.0815 e. The molecule has 4 nitrogen and oxygen atoms in total. The maximum Gasteiger partial charge on any atom is 0.0815 e. The maximum atomic E-state index is 10.2. The highest BCUT2D eigenvalue weighted by atomic mass is 16.5. The highest BCUT2D eigenvalue weighted by molar-refractivity contribution is 4.84. The molecule has 0 aromatic carbocycles. The number of nitrogens with one attached hydrogen (secondary N) is 1. The van der Waals surface area contributed by atoms with Crippen LogP contribution in [0.4, 0.5) is 0 Å². The summed E-state index contributed by atoms with van der Waals surface area (Å²) in [4.78, 5) is 0. The van der Waals surface area contributed by atoms with E-state index in [0.717, 1.165) is 19.4 Å². The average molecular weight is 217 g/mol. The molecule has 4 heteroatoms. The van der Waals surface area contributed by atoms with Crippen LogP contribution >= 0.6 is 0 Å². The molecule has 0 bridgehead atoms. The third-order valence-corrected chi connectivity index (χ3v) is 2.78. The Balaban J connectivity index is 2.16. The Morgan fingerprint density at radius 1 is 1.47 bits per heavy atom. The number of aliphatic hydroxyl groups is 1. The summed E-state index contributed by atoms with van der Waals surface area (Å²) in [6.07, 6.45) is 1.45. The highest BCUT2D eigenvalue weighted by Gasteiger charge is 2.29. The van der Waals surface area contributed by atoms with E-state index in [1.54, 1.807) is 0 Å². The number of ether oxygens (including phenoxy) is 2. The van der Waals surface area contributed by atoms with Gasteiger partial charge in [0.1, 0.15) is 0 Å². The van der Waals surface area contributed by atoms with Crippen molar-refractivity contribution in [1.82, 2.24) is 5.32 Å². The Kier molecular flexibility index (Phi) is 5.53. The first-order valence-corrected chi connectivity index (χ1v) is 5.77. The van der Waals surface area contributed by atoms with E-state index in [-0.39, 0.29) is 6.04 Å². The summed E-state index contributed by atoms with van der Waals surface area (Å²) in [6.45, 7) is 7.45. The molecule has 0 radical (unpaired) electrons. The third-order valence-electron chi connectivity index (χ3n) is 2.78. The Morgan fingerprint density at radius 3 is 2.73 bits per heavy atom. The predicted octanol–water partition coefficient (Wildman–Crippen LogP) is 0.542. The summed E-state index contributed by atoms with van der Waals surface area (Å²) in [5.41, 5.74) is -0.585. The van der Waals surface area contributed by atoms with Crippen molar-refractivity contribution in [1.29, 1.82) is 0 Å². The summed E-state index contributed by atoms with van der Waals surface area (Å²) in [7, 11) is 0. The maximum absolute atomic E-state index is 10.2. The second kappa shape index (κ2) is 6.43. The molecule has 1 atom stereocenters. The predicted molar refractivity (Wildman–Crippen MR) is 59.0 cm³/mol. The molecule has 1 rings (SSSR count). The highest BCUT2D eigenvalue weighted by Crippen LogP contribution is 2.19. The van der Waals surface area contributed by atoms with Crippen molar-refractivity contribution in [3.8, 4) is 0 Å². The normalized spacial score (nSPS) is 22.6. The van der Waals surface area contributed by atoms with E-state index >= 15 is 0 Å². The van der Waals surface area contributed by atoms with Gasteiger partial charge in [-0.25, -0.2) is 0 Å². The van der Waals surface area contributed by atoms with Gasteiger partial charge in [0, 0.05) is 45.2 Å². The molecule has 0 saturated carbocycles. The van der Waals surface area contributed by atoms with Crippen molar-refractivity contribution in [3.63, 3.8) is 0 Å². The van der Waals surface area contributed by atoms with Gasteiger partial charge in [0.05, 0.1) is 12.2 Å². The molecule has 0 amide bonds. The standard InChI is InChI=1S/C11H23NO3/c1-3-14-8-10(2)12-9-11(13)4-6-15-7-5-11/h10,12-13H,3-9H2,1-2H3. The van der Waals surface area contributed by atoms with Gasteiger partial charge in [-0.15, -0.1) is 0 Å². The number of rotatable bonds is 6. The lowest BCUT2D eigenvalue weighted by Crippen LogP contribution is -2.48. The first-order valence-electron chi connectivity index (χ1n) is 5.77. The molecule has 1 unspecified atom stereocenters. The lowest BCUT2D eigenvalue weighted by Gasteiger charge is -2.33. The van der Waals surface area contributed by atoms with Crippen LogP contribution in [0, 0.1) is 0 Å². The first-order chi connectivity index (χ1) is 7.16. The van der Waals surface area contributed by atoms with Crippen LogP contribution in [0.2, 0.25) is 0 Å². The van der Waals surface area contributed by atoms with Gasteiger partial charge in [-0.05, 0) is 13.8 Å². The zero-order valence-electron chi connectivity index (χ0n) is 9.79. The Hall–Kier alpha value is -0.160. The van der Waals surface area contributed by atoms with Crippen molar-refractivity contribution in [2.75, 3.05) is 33.0 Å². The van der Waals surface area contributed by atoms with E-state index < -0.39 is 5.60 Å². The molecular formula is C11H23NO3. The van der Waals surface area contributed by atoms with Crippen LogP contribution in [0.15, 0.2) is 0 Å². The fourth-order valence-corrected chi connectivity index (χ4v) is 1.65. The van der Waals surface area contributed by atoms with Crippen molar-refractivity contribution in [3.05, 3.63) is 0 Å². The molecule has 1 fully saturated rings. The second-order valence-corrected chi connectivity index (χ2v) is 4.28. The molecule has 2 N–H and O–H groups in total. The molecule has 90 valence electrons. The fraction of sp³-hybridized carbons (Fsp3) is 1.00. The molecule has 1 aliphatic rings. The quantitative estimate of drug-likeness (QED) is 0.682. The van der Waals surface area contributed by atoms with Gasteiger partial charge >= 0.3 is 0 Å². The van der Waals surface area contributed by atoms with Crippen LogP contribution in [0.25, 0.3) is 0 Å². The van der Waals surface area contributed by atoms with Gasteiger partial charge in [0.2, 0.25) is 0 Å². The molecule has 1 heterocycles. The average Bonchev–Trinajstić information content (AvgIpc) is 2.25. The number of hydrogen-bond acceptors (Lipinski definition) is 4. The first kappa shape index (κ1) is 12.9. The van der Waals surface area contributed by atoms with Gasteiger partial charge in [-0.1, -0.05) is 0 Å². The topological polar surface area (TPSA) is 50.7 Å². The Labute approximate surface area is 92.0 Å². The fourth-order valence-electron chi connectivity index (χ4n) is 1.65. The van der Waals surface area contributed by atoms with Crippen molar-refractivity contribution in [2.24, 2.45) is 0 Å². The minimum Gasteiger partial charge on any atom is -0.388 e. The zero-order chi connectivity index (χ0) is 11.1. The summed E-state index contributed by atoms with van der Waals surface area (Å²) in [5.74, 6) is 0. The van der Waals surface area contributed by atoms with E-state index in [1.807, 2.05) is 6.92 Å². The second-order valence-electron chi connectivity index (χ2n) is 4.28. The van der Waals surface area contributed by atoms with E-state index in [2.05, 4.69) is 12.2 Å². The summed E-state index contributed by atoms with van der Waals surface area (Å²) < 4.78 is 10.5. The summed E-state index contributed by atoms with van der Waals surface area (Å²) in [5, 5.41) is 13.5. The molecule has 15 heavy (non-hydrogen) atoms. The number of hydrogen-bond donors (Lipinski definition) is 2. The van der Waals surface area contributed by atoms with Crippen LogP contribution in [-0.4, -0.2) is 49.7 Å². The van der Waals surface area contributed by atoms with Crippen LogP contribution < -0.4 is 5.32 Å². The van der Waals surface area contributed by atoms with Crippen molar-refractivity contribution in [2.45, 2.75) is 38.3 Å². The summed E-state index contributed by atoms with van der Waals surface area (Å²) >= 11 is 0. The Morgan fingerprint density at radius 2 is 2.13 bits per heavy atom. The van der Waals surface area contributed by atoms with Gasteiger partial charge in [0.15, 0.2) is 0 Å². The minimum absolute atomic E-state index is 0.289. The van der Waals surface area contributed by atoms with Gasteiger partial charge in [-0.2, -0.15) is 0 Å². The summed E-state index contributed by atoms with van der Waals surface area (Å²) in [6, 6.07) is 0.289. The van der Waals surface area contributed by atoms with Crippen LogP contribution in [0.1, 0.15) is 26.7 Å². The van der Waals surface area contributed by atoms with Crippen molar-refractivity contribution < 1.29 is 14.6 Å². The molecule has 0 aliphatic carbocycles. The molecule has 1 saturated heterocycles. The lowest BCUT2D eigenvalue weighted by atomic mass is 9.94. The zero-order valence-corrected chi connectivity index (χ0v) is 9.79. The van der Waals surface area contributed by atoms with Crippen LogP contribution in [0.3, 0.4) is 0 Å². The molecule has 1 aliphatic heterocycles. The molecule has 0 spiro atoms. The monoisotopic (exact) mass is 217 g/mol. The van der Waals surface area contributed by atoms with E-state index in [4.69, 9.17) is 9.47 Å². The Bertz CT molecular complexity index is 169. The molecule has 0 aromatic rings. The van der Waals surface area contributed by atoms with Crippen molar-refractivity contribution >= 4 is 0 Å². The lowest BCUT2D eigenvalue weighted by molar-refractivity contribution is -0.0635. The van der Waals surface area contributed by atoms with Gasteiger partial charge < -0.3 is 19.9 Å². The van der Waals surface area contributed by atoms with E-state index in [0.29, 0.717) is 26.4 Å². The largest absolute Gasteiger partial charge is 0.388 e. The van der Waals surface area contributed by atoms with Crippen LogP contribution in [0.5, 0.6) is 0 Å². The van der Waals surface area contributed by atoms with Gasteiger partial charge in [0.25, 0.3) is 0 Å². The molecular weight excluding hydrogens is 194 g/mol. The van der Waals surface area contributed by atoms with E-state index in [9.17, 15) is 5.11 Å².